The molecule has 26 heavy (non-hydrogen) atoms. The van der Waals surface area contributed by atoms with Crippen LogP contribution in [-0.4, -0.2) is 19.1 Å². The summed E-state index contributed by atoms with van der Waals surface area (Å²) in [6.07, 6.45) is 1.22. The minimum Gasteiger partial charge on any atom is -0.485 e. The Morgan fingerprint density at radius 1 is 1.31 bits per heavy atom. The molecule has 2 aromatic rings. The van der Waals surface area contributed by atoms with Crippen molar-refractivity contribution in [2.75, 3.05) is 13.2 Å². The van der Waals surface area contributed by atoms with E-state index in [-0.39, 0.29) is 42.5 Å². The Bertz CT molecular complexity index is 754. The van der Waals surface area contributed by atoms with Crippen molar-refractivity contribution in [3.8, 4) is 5.75 Å². The summed E-state index contributed by atoms with van der Waals surface area (Å²) in [4.78, 5) is 12.3. The first-order valence-corrected chi connectivity index (χ1v) is 8.21. The van der Waals surface area contributed by atoms with E-state index < -0.39 is 5.83 Å². The number of amides is 1. The van der Waals surface area contributed by atoms with E-state index in [2.05, 4.69) is 5.32 Å². The van der Waals surface area contributed by atoms with E-state index >= 15 is 0 Å². The fourth-order valence-corrected chi connectivity index (χ4v) is 2.43. The molecule has 0 aromatic heterocycles. The van der Waals surface area contributed by atoms with Gasteiger partial charge in [0, 0.05) is 12.1 Å². The van der Waals surface area contributed by atoms with Crippen molar-refractivity contribution in [2.45, 2.75) is 13.0 Å². The quantitative estimate of drug-likeness (QED) is 0.724. The average molecular weight is 399 g/mol. The Balaban J connectivity index is 0.00000338. The molecule has 2 rings (SSSR count). The maximum Gasteiger partial charge on any atom is 0.251 e. The zero-order valence-electron chi connectivity index (χ0n) is 14.2. The topological polar surface area (TPSA) is 64.3 Å². The predicted molar refractivity (Wildman–Crippen MR) is 105 cm³/mol. The van der Waals surface area contributed by atoms with Gasteiger partial charge in [0.15, 0.2) is 0 Å². The third kappa shape index (κ3) is 6.33. The Labute approximate surface area is 163 Å². The first kappa shape index (κ1) is 22.0. The lowest BCUT2D eigenvalue weighted by molar-refractivity contribution is 0.0940. The second-order valence-corrected chi connectivity index (χ2v) is 5.83. The van der Waals surface area contributed by atoms with Crippen LogP contribution in [0.2, 0.25) is 5.02 Å². The number of rotatable bonds is 7. The van der Waals surface area contributed by atoms with Crippen LogP contribution in [0, 0.1) is 0 Å². The third-order valence-electron chi connectivity index (χ3n) is 3.55. The maximum absolute atomic E-state index is 13.3. The van der Waals surface area contributed by atoms with Gasteiger partial charge >= 0.3 is 0 Å². The average Bonchev–Trinajstić information content (AvgIpc) is 2.61. The number of halogens is 3. The molecule has 0 spiro atoms. The molecule has 140 valence electrons. The lowest BCUT2D eigenvalue weighted by Crippen LogP contribution is -2.26. The molecule has 0 heterocycles. The van der Waals surface area contributed by atoms with Gasteiger partial charge in [-0.1, -0.05) is 41.9 Å². The van der Waals surface area contributed by atoms with Crippen molar-refractivity contribution < 1.29 is 13.9 Å². The zero-order valence-corrected chi connectivity index (χ0v) is 15.8. The van der Waals surface area contributed by atoms with Crippen molar-refractivity contribution in [1.82, 2.24) is 5.32 Å². The van der Waals surface area contributed by atoms with Gasteiger partial charge in [-0.3, -0.25) is 4.79 Å². The first-order valence-electron chi connectivity index (χ1n) is 7.84. The molecule has 0 aliphatic heterocycles. The van der Waals surface area contributed by atoms with Gasteiger partial charge in [0.1, 0.15) is 18.2 Å². The highest BCUT2D eigenvalue weighted by atomic mass is 35.5. The molecule has 0 aliphatic carbocycles. The fraction of sp³-hybridized carbons (Fsp3) is 0.211. The van der Waals surface area contributed by atoms with Gasteiger partial charge in [-0.15, -0.1) is 12.4 Å². The molecule has 1 atom stereocenters. The molecule has 4 nitrogen and oxygen atoms in total. The second kappa shape index (κ2) is 10.8. The minimum atomic E-state index is -0.475. The molecule has 0 saturated carbocycles. The van der Waals surface area contributed by atoms with Crippen LogP contribution in [0.25, 0.3) is 0 Å². The van der Waals surface area contributed by atoms with Crippen LogP contribution in [0.15, 0.2) is 60.4 Å². The number of hydrogen-bond donors (Lipinski definition) is 2. The van der Waals surface area contributed by atoms with Crippen molar-refractivity contribution in [2.24, 2.45) is 5.73 Å². The molecule has 3 N–H and O–H groups in total. The van der Waals surface area contributed by atoms with Gasteiger partial charge < -0.3 is 15.8 Å². The summed E-state index contributed by atoms with van der Waals surface area (Å²) in [6, 6.07) is 14.1. The Hall–Kier alpha value is -2.08. The van der Waals surface area contributed by atoms with Crippen LogP contribution >= 0.6 is 24.0 Å². The van der Waals surface area contributed by atoms with Crippen LogP contribution in [0.5, 0.6) is 5.75 Å². The largest absolute Gasteiger partial charge is 0.485 e. The Morgan fingerprint density at radius 3 is 2.62 bits per heavy atom. The first-order chi connectivity index (χ1) is 12.0. The molecule has 0 bridgehead atoms. The van der Waals surface area contributed by atoms with Gasteiger partial charge in [-0.05, 0) is 36.8 Å². The molecule has 0 radical (unpaired) electrons. The summed E-state index contributed by atoms with van der Waals surface area (Å²) in [5.41, 5.74) is 6.63. The van der Waals surface area contributed by atoms with Gasteiger partial charge in [-0.25, -0.2) is 4.39 Å². The maximum atomic E-state index is 13.3. The number of nitrogens with two attached hydrogens (primary N) is 1. The predicted octanol–water partition coefficient (Wildman–Crippen LogP) is 4.44. The molecule has 1 amide bonds. The standard InChI is InChI=1S/C19H20ClFN2O2.ClH/c1-13(14-5-3-2-4-6-14)23-19(24)15-7-8-18(17(20)11-15)25-12-16(21)9-10-22;/h2-9,11,13H,10,12,22H2,1H3,(H,23,24);1H/b16-9+;/t13-;/m0./s1. The number of ether oxygens (including phenoxy) is 1. The third-order valence-corrected chi connectivity index (χ3v) is 3.84. The minimum absolute atomic E-state index is 0. The summed E-state index contributed by atoms with van der Waals surface area (Å²) < 4.78 is 18.6. The lowest BCUT2D eigenvalue weighted by Gasteiger charge is -2.15. The summed E-state index contributed by atoms with van der Waals surface area (Å²) in [5.74, 6) is -0.425. The normalized spacial score (nSPS) is 12.1. The molecule has 0 unspecified atom stereocenters. The van der Waals surface area contributed by atoms with E-state index in [1.165, 1.54) is 12.1 Å². The van der Waals surface area contributed by atoms with E-state index in [4.69, 9.17) is 22.1 Å². The van der Waals surface area contributed by atoms with E-state index in [0.717, 1.165) is 5.56 Å². The second-order valence-electron chi connectivity index (χ2n) is 5.43. The van der Waals surface area contributed by atoms with E-state index in [0.29, 0.717) is 11.3 Å². The van der Waals surface area contributed by atoms with Crippen LogP contribution in [0.1, 0.15) is 28.9 Å². The summed E-state index contributed by atoms with van der Waals surface area (Å²) in [5, 5.41) is 3.14. The van der Waals surface area contributed by atoms with Gasteiger partial charge in [0.05, 0.1) is 11.1 Å². The lowest BCUT2D eigenvalue weighted by atomic mass is 10.1. The number of nitrogens with one attached hydrogen (secondary N) is 1. The van der Waals surface area contributed by atoms with E-state index in [1.807, 2.05) is 37.3 Å². The highest BCUT2D eigenvalue weighted by molar-refractivity contribution is 6.32. The molecular weight excluding hydrogens is 378 g/mol. The van der Waals surface area contributed by atoms with Gasteiger partial charge in [-0.2, -0.15) is 0 Å². The van der Waals surface area contributed by atoms with Gasteiger partial charge in [0.2, 0.25) is 0 Å². The Kier molecular flexibility index (Phi) is 9.13. The summed E-state index contributed by atoms with van der Waals surface area (Å²) in [7, 11) is 0. The zero-order chi connectivity index (χ0) is 18.2. The van der Waals surface area contributed by atoms with Gasteiger partial charge in [0.25, 0.3) is 5.91 Å². The molecule has 7 heteroatoms. The van der Waals surface area contributed by atoms with Crippen LogP contribution < -0.4 is 15.8 Å². The van der Waals surface area contributed by atoms with Crippen LogP contribution in [0.4, 0.5) is 4.39 Å². The molecule has 0 fully saturated rings. The summed E-state index contributed by atoms with van der Waals surface area (Å²) in [6.45, 7) is 1.74. The number of carbonyl (C=O) groups excluding carboxylic acids is 1. The highest BCUT2D eigenvalue weighted by Crippen LogP contribution is 2.26. The Morgan fingerprint density at radius 2 is 2.00 bits per heavy atom. The van der Waals surface area contributed by atoms with Crippen molar-refractivity contribution in [1.29, 1.82) is 0 Å². The molecule has 0 saturated heterocycles. The summed E-state index contributed by atoms with van der Waals surface area (Å²) >= 11 is 6.12. The van der Waals surface area contributed by atoms with Crippen LogP contribution in [0.3, 0.4) is 0 Å². The SMILES string of the molecule is C[C@H](NC(=O)c1ccc(OC/C(F)=C\CN)c(Cl)c1)c1ccccc1.Cl. The van der Waals surface area contributed by atoms with E-state index in [9.17, 15) is 9.18 Å². The smallest absolute Gasteiger partial charge is 0.251 e. The van der Waals surface area contributed by atoms with Crippen molar-refractivity contribution in [3.05, 3.63) is 76.6 Å². The fourth-order valence-electron chi connectivity index (χ4n) is 2.20. The number of benzene rings is 2. The van der Waals surface area contributed by atoms with Crippen molar-refractivity contribution >= 4 is 29.9 Å². The number of carbonyl (C=O) groups is 1. The molecule has 0 aliphatic rings. The molecule has 2 aromatic carbocycles. The highest BCUT2D eigenvalue weighted by Gasteiger charge is 2.13. The van der Waals surface area contributed by atoms with Crippen molar-refractivity contribution in [3.63, 3.8) is 0 Å². The van der Waals surface area contributed by atoms with E-state index in [1.54, 1.807) is 12.1 Å². The monoisotopic (exact) mass is 398 g/mol. The van der Waals surface area contributed by atoms with Crippen LogP contribution in [-0.2, 0) is 0 Å². The number of hydrogen-bond acceptors (Lipinski definition) is 3. The molecular formula is C19H21Cl2FN2O2.